The summed E-state index contributed by atoms with van der Waals surface area (Å²) in [5.74, 6) is 0.648. The lowest BCUT2D eigenvalue weighted by molar-refractivity contribution is 0.0413. The van der Waals surface area contributed by atoms with Crippen molar-refractivity contribution in [3.63, 3.8) is 0 Å². The van der Waals surface area contributed by atoms with Crippen molar-refractivity contribution in [1.29, 1.82) is 0 Å². The van der Waals surface area contributed by atoms with Crippen molar-refractivity contribution < 1.29 is 0 Å². The Bertz CT molecular complexity index is 503. The van der Waals surface area contributed by atoms with Crippen LogP contribution in [0, 0.1) is 16.7 Å². The molecular formula is C18H30N2. The lowest BCUT2D eigenvalue weighted by Crippen LogP contribution is -2.41. The van der Waals surface area contributed by atoms with E-state index in [9.17, 15) is 0 Å². The van der Waals surface area contributed by atoms with Gasteiger partial charge in [-0.2, -0.15) is 10.2 Å². The molecule has 0 radical (unpaired) electrons. The lowest BCUT2D eigenvalue weighted by atomic mass is 9.59. The maximum Gasteiger partial charge on any atom is 0.0687 e. The molecule has 1 heterocycles. The fraction of sp³-hybridized carbons (Fsp3) is 0.778. The fourth-order valence-corrected chi connectivity index (χ4v) is 3.63. The van der Waals surface area contributed by atoms with E-state index in [0.29, 0.717) is 11.3 Å². The summed E-state index contributed by atoms with van der Waals surface area (Å²) in [7, 11) is 0. The molecule has 112 valence electrons. The molecule has 0 saturated carbocycles. The molecule has 0 aromatic carbocycles. The summed E-state index contributed by atoms with van der Waals surface area (Å²) in [4.78, 5) is 0. The highest BCUT2D eigenvalue weighted by Gasteiger charge is 2.49. The number of fused-ring (bicyclic) bond motifs is 1. The van der Waals surface area contributed by atoms with Crippen LogP contribution in [-0.4, -0.2) is 10.2 Å². The summed E-state index contributed by atoms with van der Waals surface area (Å²) < 4.78 is 0. The van der Waals surface area contributed by atoms with Gasteiger partial charge in [0.05, 0.1) is 11.4 Å². The largest absolute Gasteiger partial charge is 0.155 e. The van der Waals surface area contributed by atoms with Crippen molar-refractivity contribution in [3.8, 4) is 0 Å². The molecule has 1 aliphatic rings. The van der Waals surface area contributed by atoms with Crippen LogP contribution in [0.4, 0.5) is 0 Å². The number of nitrogens with zero attached hydrogens (tertiary/aromatic N) is 2. The SMILES string of the molecule is CC(C)C1(C(C)(C)C)Cc2cc(C(C)(C)C)nnc2C1. The van der Waals surface area contributed by atoms with Gasteiger partial charge in [-0.15, -0.1) is 0 Å². The molecule has 0 aliphatic heterocycles. The van der Waals surface area contributed by atoms with Crippen LogP contribution in [-0.2, 0) is 18.3 Å². The number of aromatic nitrogens is 2. The Kier molecular flexibility index (Phi) is 3.51. The van der Waals surface area contributed by atoms with Gasteiger partial charge in [0.2, 0.25) is 0 Å². The van der Waals surface area contributed by atoms with Gasteiger partial charge >= 0.3 is 0 Å². The number of rotatable bonds is 1. The molecule has 1 unspecified atom stereocenters. The molecule has 0 spiro atoms. The maximum absolute atomic E-state index is 4.57. The first kappa shape index (κ1) is 15.5. The second-order valence-corrected chi connectivity index (χ2v) is 8.87. The van der Waals surface area contributed by atoms with Crippen LogP contribution < -0.4 is 0 Å². The maximum atomic E-state index is 4.57. The minimum atomic E-state index is 0.0762. The van der Waals surface area contributed by atoms with Crippen LogP contribution in [0.25, 0.3) is 0 Å². The third-order valence-corrected chi connectivity index (χ3v) is 5.32. The first-order valence-corrected chi connectivity index (χ1v) is 7.83. The van der Waals surface area contributed by atoms with Crippen molar-refractivity contribution in [2.45, 2.75) is 73.6 Å². The Morgan fingerprint density at radius 1 is 1.00 bits per heavy atom. The zero-order valence-electron chi connectivity index (χ0n) is 14.5. The molecular weight excluding hydrogens is 244 g/mol. The van der Waals surface area contributed by atoms with E-state index in [2.05, 4.69) is 71.7 Å². The van der Waals surface area contributed by atoms with Gasteiger partial charge in [-0.25, -0.2) is 0 Å². The van der Waals surface area contributed by atoms with Crippen LogP contribution in [0.1, 0.15) is 72.3 Å². The van der Waals surface area contributed by atoms with Gasteiger partial charge in [-0.05, 0) is 41.2 Å². The first-order valence-electron chi connectivity index (χ1n) is 7.83. The average Bonchev–Trinajstić information content (AvgIpc) is 2.66. The molecule has 20 heavy (non-hydrogen) atoms. The van der Waals surface area contributed by atoms with Crippen molar-refractivity contribution in [2.24, 2.45) is 16.7 Å². The van der Waals surface area contributed by atoms with Crippen LogP contribution in [0.3, 0.4) is 0 Å². The third-order valence-electron chi connectivity index (χ3n) is 5.32. The highest BCUT2D eigenvalue weighted by molar-refractivity contribution is 5.32. The predicted molar refractivity (Wildman–Crippen MR) is 84.9 cm³/mol. The van der Waals surface area contributed by atoms with Crippen LogP contribution in [0.15, 0.2) is 6.07 Å². The molecule has 2 heteroatoms. The van der Waals surface area contributed by atoms with Crippen molar-refractivity contribution in [3.05, 3.63) is 23.0 Å². The highest BCUT2D eigenvalue weighted by Crippen LogP contribution is 2.53. The van der Waals surface area contributed by atoms with Gasteiger partial charge in [-0.3, -0.25) is 0 Å². The monoisotopic (exact) mass is 274 g/mol. The Morgan fingerprint density at radius 3 is 2.05 bits per heavy atom. The second-order valence-electron chi connectivity index (χ2n) is 8.87. The fourth-order valence-electron chi connectivity index (χ4n) is 3.63. The third kappa shape index (κ3) is 2.38. The molecule has 0 N–H and O–H groups in total. The Hall–Kier alpha value is -0.920. The van der Waals surface area contributed by atoms with E-state index >= 15 is 0 Å². The zero-order valence-corrected chi connectivity index (χ0v) is 14.5. The molecule has 0 fully saturated rings. The van der Waals surface area contributed by atoms with E-state index < -0.39 is 0 Å². The first-order chi connectivity index (χ1) is 8.97. The molecule has 1 aromatic rings. The van der Waals surface area contributed by atoms with Crippen molar-refractivity contribution in [2.75, 3.05) is 0 Å². The molecule has 1 aromatic heterocycles. The summed E-state index contributed by atoms with van der Waals surface area (Å²) in [5, 5.41) is 9.05. The van der Waals surface area contributed by atoms with Gasteiger partial charge in [-0.1, -0.05) is 55.4 Å². The zero-order chi connectivity index (χ0) is 15.3. The van der Waals surface area contributed by atoms with Crippen molar-refractivity contribution in [1.82, 2.24) is 10.2 Å². The Balaban J connectivity index is 2.44. The second kappa shape index (κ2) is 4.54. The average molecular weight is 274 g/mol. The molecule has 0 bridgehead atoms. The van der Waals surface area contributed by atoms with Crippen molar-refractivity contribution >= 4 is 0 Å². The summed E-state index contributed by atoms with van der Waals surface area (Å²) in [6, 6.07) is 2.30. The standard InChI is InChI=1S/C18H30N2/c1-12(2)18(17(6,7)8)10-13-9-15(16(3,4)5)20-19-14(13)11-18/h9,12H,10-11H2,1-8H3. The minimum absolute atomic E-state index is 0.0762. The van der Waals surface area contributed by atoms with Gasteiger partial charge < -0.3 is 0 Å². The van der Waals surface area contributed by atoms with Gasteiger partial charge in [0.1, 0.15) is 0 Å². The molecule has 2 nitrogen and oxygen atoms in total. The topological polar surface area (TPSA) is 25.8 Å². The Morgan fingerprint density at radius 2 is 1.60 bits per heavy atom. The normalized spacial score (nSPS) is 23.2. The van der Waals surface area contributed by atoms with Gasteiger partial charge in [0, 0.05) is 5.41 Å². The summed E-state index contributed by atoms with van der Waals surface area (Å²) >= 11 is 0. The quantitative estimate of drug-likeness (QED) is 0.750. The summed E-state index contributed by atoms with van der Waals surface area (Å²) in [6.45, 7) is 18.4. The molecule has 2 rings (SSSR count). The van der Waals surface area contributed by atoms with Crippen LogP contribution in [0.2, 0.25) is 0 Å². The van der Waals surface area contributed by atoms with Gasteiger partial charge in [0.25, 0.3) is 0 Å². The van der Waals surface area contributed by atoms with E-state index in [-0.39, 0.29) is 10.8 Å². The number of hydrogen-bond donors (Lipinski definition) is 0. The van der Waals surface area contributed by atoms with E-state index in [4.69, 9.17) is 0 Å². The van der Waals surface area contributed by atoms with E-state index in [1.807, 2.05) is 0 Å². The van der Waals surface area contributed by atoms with Crippen LogP contribution >= 0.6 is 0 Å². The lowest BCUT2D eigenvalue weighted by Gasteiger charge is -2.45. The van der Waals surface area contributed by atoms with Crippen LogP contribution in [0.5, 0.6) is 0 Å². The molecule has 0 saturated heterocycles. The summed E-state index contributed by atoms with van der Waals surface area (Å²) in [5.41, 5.74) is 4.43. The van der Waals surface area contributed by atoms with E-state index in [1.165, 1.54) is 11.3 Å². The molecule has 1 atom stereocenters. The van der Waals surface area contributed by atoms with E-state index in [1.54, 1.807) is 0 Å². The number of hydrogen-bond acceptors (Lipinski definition) is 2. The Labute approximate surface area is 124 Å². The smallest absolute Gasteiger partial charge is 0.0687 e. The molecule has 1 aliphatic carbocycles. The van der Waals surface area contributed by atoms with E-state index in [0.717, 1.165) is 18.5 Å². The highest BCUT2D eigenvalue weighted by atomic mass is 15.1. The molecule has 0 amide bonds. The summed E-state index contributed by atoms with van der Waals surface area (Å²) in [6.07, 6.45) is 2.21. The van der Waals surface area contributed by atoms with Gasteiger partial charge in [0.15, 0.2) is 0 Å². The predicted octanol–water partition coefficient (Wildman–Crippen LogP) is 4.56. The minimum Gasteiger partial charge on any atom is -0.155 e.